The van der Waals surface area contributed by atoms with E-state index in [2.05, 4.69) is 24.4 Å². The zero-order valence-electron chi connectivity index (χ0n) is 9.27. The molecule has 0 saturated carbocycles. The lowest BCUT2D eigenvalue weighted by molar-refractivity contribution is -0.123. The van der Waals surface area contributed by atoms with E-state index >= 15 is 0 Å². The second kappa shape index (κ2) is 4.80. The molecule has 1 aromatic heterocycles. The molecule has 0 radical (unpaired) electrons. The Labute approximate surface area is 99.3 Å². The van der Waals surface area contributed by atoms with Gasteiger partial charge in [0, 0.05) is 15.8 Å². The molecule has 1 amide bonds. The minimum absolute atomic E-state index is 0.0414. The Morgan fingerprint density at radius 1 is 1.56 bits per heavy atom. The standard InChI is InChI=1S/C12H16N2OS/c1-8-2-5-11(16-8)7-14-12(15)9-3-4-10(13)6-9/h2-5,9-10H,6-7,13H2,1H3,(H,14,15). The number of nitrogens with one attached hydrogen (secondary N) is 1. The molecule has 0 spiro atoms. The van der Waals surface area contributed by atoms with Crippen molar-refractivity contribution >= 4 is 17.2 Å². The largest absolute Gasteiger partial charge is 0.351 e. The van der Waals surface area contributed by atoms with Crippen molar-refractivity contribution < 1.29 is 4.79 Å². The summed E-state index contributed by atoms with van der Waals surface area (Å²) in [5.41, 5.74) is 5.71. The maximum atomic E-state index is 11.8. The van der Waals surface area contributed by atoms with E-state index in [-0.39, 0.29) is 17.9 Å². The van der Waals surface area contributed by atoms with Gasteiger partial charge in [-0.1, -0.05) is 12.2 Å². The van der Waals surface area contributed by atoms with Gasteiger partial charge in [0.15, 0.2) is 0 Å². The summed E-state index contributed by atoms with van der Waals surface area (Å²) in [6.07, 6.45) is 4.54. The van der Waals surface area contributed by atoms with Gasteiger partial charge in [-0.15, -0.1) is 11.3 Å². The summed E-state index contributed by atoms with van der Waals surface area (Å²) in [5, 5.41) is 2.94. The van der Waals surface area contributed by atoms with Crippen LogP contribution in [0.4, 0.5) is 0 Å². The third-order valence-corrected chi connectivity index (χ3v) is 3.69. The average Bonchev–Trinajstić information content (AvgIpc) is 2.84. The van der Waals surface area contributed by atoms with Crippen molar-refractivity contribution in [1.29, 1.82) is 0 Å². The third-order valence-electron chi connectivity index (χ3n) is 2.69. The zero-order valence-corrected chi connectivity index (χ0v) is 10.1. The zero-order chi connectivity index (χ0) is 11.5. The number of amides is 1. The minimum atomic E-state index is -0.0453. The highest BCUT2D eigenvalue weighted by atomic mass is 32.1. The Hall–Kier alpha value is -1.13. The molecule has 0 bridgehead atoms. The predicted molar refractivity (Wildman–Crippen MR) is 66.1 cm³/mol. The molecule has 1 aromatic rings. The first kappa shape index (κ1) is 11.4. The highest BCUT2D eigenvalue weighted by Gasteiger charge is 2.22. The van der Waals surface area contributed by atoms with E-state index in [1.165, 1.54) is 9.75 Å². The van der Waals surface area contributed by atoms with Gasteiger partial charge < -0.3 is 11.1 Å². The summed E-state index contributed by atoms with van der Waals surface area (Å²) in [7, 11) is 0. The van der Waals surface area contributed by atoms with Gasteiger partial charge in [-0.25, -0.2) is 0 Å². The van der Waals surface area contributed by atoms with E-state index in [4.69, 9.17) is 5.73 Å². The lowest BCUT2D eigenvalue weighted by atomic mass is 10.1. The van der Waals surface area contributed by atoms with Crippen LogP contribution in [0.2, 0.25) is 0 Å². The van der Waals surface area contributed by atoms with E-state index in [9.17, 15) is 4.79 Å². The lowest BCUT2D eigenvalue weighted by Crippen LogP contribution is -2.30. The van der Waals surface area contributed by atoms with E-state index in [0.717, 1.165) is 6.42 Å². The van der Waals surface area contributed by atoms with E-state index in [0.29, 0.717) is 6.54 Å². The molecular weight excluding hydrogens is 220 g/mol. The highest BCUT2D eigenvalue weighted by molar-refractivity contribution is 7.11. The number of rotatable bonds is 3. The second-order valence-electron chi connectivity index (χ2n) is 4.12. The second-order valence-corrected chi connectivity index (χ2v) is 5.49. The average molecular weight is 236 g/mol. The highest BCUT2D eigenvalue weighted by Crippen LogP contribution is 2.18. The molecule has 0 fully saturated rings. The molecule has 16 heavy (non-hydrogen) atoms. The van der Waals surface area contributed by atoms with Crippen molar-refractivity contribution in [3.8, 4) is 0 Å². The number of nitrogens with two attached hydrogens (primary N) is 1. The van der Waals surface area contributed by atoms with Crippen molar-refractivity contribution in [3.05, 3.63) is 34.0 Å². The first-order valence-corrected chi connectivity index (χ1v) is 6.24. The smallest absolute Gasteiger partial charge is 0.227 e. The van der Waals surface area contributed by atoms with Crippen LogP contribution in [0.25, 0.3) is 0 Å². The number of thiophene rings is 1. The van der Waals surface area contributed by atoms with Crippen LogP contribution in [-0.4, -0.2) is 11.9 Å². The first-order chi connectivity index (χ1) is 7.65. The molecule has 4 heteroatoms. The van der Waals surface area contributed by atoms with Gasteiger partial charge in [0.1, 0.15) is 0 Å². The van der Waals surface area contributed by atoms with Gasteiger partial charge in [0.2, 0.25) is 5.91 Å². The molecule has 2 rings (SSSR count). The molecule has 0 aliphatic heterocycles. The number of hydrogen-bond donors (Lipinski definition) is 2. The minimum Gasteiger partial charge on any atom is -0.351 e. The fraction of sp³-hybridized carbons (Fsp3) is 0.417. The Kier molecular flexibility index (Phi) is 3.41. The van der Waals surface area contributed by atoms with Gasteiger partial charge in [-0.2, -0.15) is 0 Å². The van der Waals surface area contributed by atoms with Crippen LogP contribution in [-0.2, 0) is 11.3 Å². The van der Waals surface area contributed by atoms with E-state index < -0.39 is 0 Å². The fourth-order valence-corrected chi connectivity index (χ4v) is 2.64. The Morgan fingerprint density at radius 3 is 2.94 bits per heavy atom. The topological polar surface area (TPSA) is 55.1 Å². The number of aryl methyl sites for hydroxylation is 1. The molecule has 1 aliphatic carbocycles. The Morgan fingerprint density at radius 2 is 2.38 bits per heavy atom. The van der Waals surface area contributed by atoms with Crippen molar-refractivity contribution in [1.82, 2.24) is 5.32 Å². The third kappa shape index (κ3) is 2.71. The lowest BCUT2D eigenvalue weighted by Gasteiger charge is -2.09. The molecular formula is C12H16N2OS. The summed E-state index contributed by atoms with van der Waals surface area (Å²) < 4.78 is 0. The van der Waals surface area contributed by atoms with Gasteiger partial charge in [0.05, 0.1) is 12.5 Å². The van der Waals surface area contributed by atoms with Crippen LogP contribution in [0.5, 0.6) is 0 Å². The monoisotopic (exact) mass is 236 g/mol. The molecule has 2 unspecified atom stereocenters. The maximum Gasteiger partial charge on any atom is 0.227 e. The molecule has 3 N–H and O–H groups in total. The molecule has 1 aliphatic rings. The normalized spacial score (nSPS) is 23.6. The molecule has 2 atom stereocenters. The summed E-state index contributed by atoms with van der Waals surface area (Å²) in [5.74, 6) is 0.0336. The first-order valence-electron chi connectivity index (χ1n) is 5.42. The van der Waals surface area contributed by atoms with Gasteiger partial charge >= 0.3 is 0 Å². The number of carbonyl (C=O) groups is 1. The Balaban J connectivity index is 1.82. The number of hydrogen-bond acceptors (Lipinski definition) is 3. The molecule has 1 heterocycles. The van der Waals surface area contributed by atoms with Crippen LogP contribution in [0.3, 0.4) is 0 Å². The molecule has 86 valence electrons. The van der Waals surface area contributed by atoms with Crippen LogP contribution in [0.1, 0.15) is 16.2 Å². The molecule has 0 aromatic carbocycles. The van der Waals surface area contributed by atoms with Crippen molar-refractivity contribution in [3.63, 3.8) is 0 Å². The van der Waals surface area contributed by atoms with Crippen LogP contribution in [0.15, 0.2) is 24.3 Å². The van der Waals surface area contributed by atoms with Crippen molar-refractivity contribution in [2.24, 2.45) is 11.7 Å². The van der Waals surface area contributed by atoms with Crippen LogP contribution in [0, 0.1) is 12.8 Å². The Bertz CT molecular complexity index is 411. The predicted octanol–water partition coefficient (Wildman–Crippen LogP) is 1.58. The maximum absolute atomic E-state index is 11.8. The van der Waals surface area contributed by atoms with Crippen molar-refractivity contribution in [2.45, 2.75) is 25.9 Å². The van der Waals surface area contributed by atoms with Gasteiger partial charge in [0.25, 0.3) is 0 Å². The van der Waals surface area contributed by atoms with E-state index in [1.54, 1.807) is 11.3 Å². The summed E-state index contributed by atoms with van der Waals surface area (Å²) in [6, 6.07) is 4.16. The van der Waals surface area contributed by atoms with Crippen LogP contribution < -0.4 is 11.1 Å². The fourth-order valence-electron chi connectivity index (χ4n) is 1.81. The van der Waals surface area contributed by atoms with Crippen molar-refractivity contribution in [2.75, 3.05) is 0 Å². The summed E-state index contributed by atoms with van der Waals surface area (Å²) in [6.45, 7) is 2.69. The molecule has 3 nitrogen and oxygen atoms in total. The van der Waals surface area contributed by atoms with Gasteiger partial charge in [-0.3, -0.25) is 4.79 Å². The van der Waals surface area contributed by atoms with E-state index in [1.807, 2.05) is 12.2 Å². The van der Waals surface area contributed by atoms with Gasteiger partial charge in [-0.05, 0) is 25.5 Å². The molecule has 0 saturated heterocycles. The summed E-state index contributed by atoms with van der Waals surface area (Å²) in [4.78, 5) is 14.2. The SMILES string of the molecule is Cc1ccc(CNC(=O)C2C=CC(N)C2)s1. The quantitative estimate of drug-likeness (QED) is 0.783. The van der Waals surface area contributed by atoms with Crippen LogP contribution >= 0.6 is 11.3 Å². The number of carbonyl (C=O) groups excluding carboxylic acids is 1. The summed E-state index contributed by atoms with van der Waals surface area (Å²) >= 11 is 1.72.